The number of hydrogen-bond acceptors (Lipinski definition) is 5. The highest BCUT2D eigenvalue weighted by Gasteiger charge is 2.38. The number of esters is 2. The molecule has 0 saturated heterocycles. The fourth-order valence-electron chi connectivity index (χ4n) is 1.61. The molecule has 0 saturated carbocycles. The normalized spacial score (nSPS) is 20.5. The van der Waals surface area contributed by atoms with E-state index in [0.717, 1.165) is 0 Å². The van der Waals surface area contributed by atoms with Crippen molar-refractivity contribution in [2.75, 3.05) is 14.2 Å². The summed E-state index contributed by atoms with van der Waals surface area (Å²) < 4.78 is 9.00. The van der Waals surface area contributed by atoms with Gasteiger partial charge in [-0.2, -0.15) is 0 Å². The Labute approximate surface area is 87.0 Å². The number of ketones is 1. The Balaban J connectivity index is 3.04. The molecule has 0 N–H and O–H groups in total. The first-order valence-corrected chi connectivity index (χ1v) is 4.43. The smallest absolute Gasteiger partial charge is 0.341 e. The minimum absolute atomic E-state index is 0.0110. The molecule has 0 aromatic heterocycles. The predicted octanol–water partition coefficient (Wildman–Crippen LogP) is 0.238. The van der Waals surface area contributed by atoms with E-state index in [1.54, 1.807) is 6.92 Å². The zero-order chi connectivity index (χ0) is 11.6. The third-order valence-corrected chi connectivity index (χ3v) is 2.46. The summed E-state index contributed by atoms with van der Waals surface area (Å²) in [6.45, 7) is 1.57. The summed E-state index contributed by atoms with van der Waals surface area (Å²) in [5.74, 6) is -2.20. The second kappa shape index (κ2) is 4.25. The molecule has 0 aromatic rings. The summed E-state index contributed by atoms with van der Waals surface area (Å²) in [5, 5.41) is 0. The van der Waals surface area contributed by atoms with Gasteiger partial charge in [0.1, 0.15) is 5.57 Å². The molecule has 0 spiro atoms. The Hall–Kier alpha value is -1.65. The lowest BCUT2D eigenvalue weighted by atomic mass is 10.0. The first-order chi connectivity index (χ1) is 7.02. The first kappa shape index (κ1) is 11.4. The number of methoxy groups -OCH3 is 2. The van der Waals surface area contributed by atoms with E-state index in [1.807, 2.05) is 0 Å². The number of rotatable bonds is 2. The summed E-state index contributed by atoms with van der Waals surface area (Å²) in [5.41, 5.74) is 0.409. The summed E-state index contributed by atoms with van der Waals surface area (Å²) in [7, 11) is 2.44. The third-order valence-electron chi connectivity index (χ3n) is 2.46. The van der Waals surface area contributed by atoms with Crippen molar-refractivity contribution in [1.82, 2.24) is 0 Å². The molecule has 1 rings (SSSR count). The van der Waals surface area contributed by atoms with Crippen molar-refractivity contribution >= 4 is 17.7 Å². The van der Waals surface area contributed by atoms with Crippen molar-refractivity contribution in [1.29, 1.82) is 0 Å². The van der Waals surface area contributed by atoms with E-state index in [1.165, 1.54) is 14.2 Å². The summed E-state index contributed by atoms with van der Waals surface area (Å²) >= 11 is 0. The van der Waals surface area contributed by atoms with E-state index in [2.05, 4.69) is 9.47 Å². The van der Waals surface area contributed by atoms with Gasteiger partial charge in [0.15, 0.2) is 5.78 Å². The standard InChI is InChI=1S/C10H12O5/c1-5-6(9(12)14-2)4-7(11)8(5)10(13)15-3/h6H,4H2,1-3H3. The van der Waals surface area contributed by atoms with Crippen LogP contribution in [0.5, 0.6) is 0 Å². The quantitative estimate of drug-likeness (QED) is 0.484. The van der Waals surface area contributed by atoms with Crippen molar-refractivity contribution < 1.29 is 23.9 Å². The third kappa shape index (κ3) is 1.91. The zero-order valence-electron chi connectivity index (χ0n) is 8.83. The van der Waals surface area contributed by atoms with Crippen LogP contribution in [0.15, 0.2) is 11.1 Å². The van der Waals surface area contributed by atoms with E-state index in [-0.39, 0.29) is 17.8 Å². The number of carbonyl (C=O) groups is 3. The molecule has 0 aromatic carbocycles. The molecule has 0 heterocycles. The van der Waals surface area contributed by atoms with E-state index >= 15 is 0 Å². The molecule has 1 atom stereocenters. The molecular formula is C10H12O5. The molecule has 5 nitrogen and oxygen atoms in total. The van der Waals surface area contributed by atoms with Crippen LogP contribution in [0.3, 0.4) is 0 Å². The number of hydrogen-bond donors (Lipinski definition) is 0. The molecule has 0 fully saturated rings. The van der Waals surface area contributed by atoms with Crippen LogP contribution in [0, 0.1) is 5.92 Å². The second-order valence-corrected chi connectivity index (χ2v) is 3.25. The molecule has 1 aliphatic rings. The van der Waals surface area contributed by atoms with Crippen LogP contribution in [-0.4, -0.2) is 31.9 Å². The van der Waals surface area contributed by atoms with Gasteiger partial charge in [0, 0.05) is 6.42 Å². The maximum Gasteiger partial charge on any atom is 0.341 e. The molecular weight excluding hydrogens is 200 g/mol. The van der Waals surface area contributed by atoms with Crippen LogP contribution < -0.4 is 0 Å². The maximum atomic E-state index is 11.4. The largest absolute Gasteiger partial charge is 0.469 e. The van der Waals surface area contributed by atoms with Gasteiger partial charge in [-0.1, -0.05) is 0 Å². The monoisotopic (exact) mass is 212 g/mol. The minimum Gasteiger partial charge on any atom is -0.469 e. The molecule has 1 unspecified atom stereocenters. The van der Waals surface area contributed by atoms with Crippen molar-refractivity contribution in [3.8, 4) is 0 Å². The van der Waals surface area contributed by atoms with Gasteiger partial charge in [0.05, 0.1) is 20.1 Å². The molecule has 0 bridgehead atoms. The van der Waals surface area contributed by atoms with Crippen molar-refractivity contribution in [2.24, 2.45) is 5.92 Å². The Morgan fingerprint density at radius 3 is 2.33 bits per heavy atom. The lowest BCUT2D eigenvalue weighted by Gasteiger charge is -2.07. The van der Waals surface area contributed by atoms with Gasteiger partial charge in [-0.3, -0.25) is 9.59 Å². The van der Waals surface area contributed by atoms with Gasteiger partial charge in [0.2, 0.25) is 0 Å². The van der Waals surface area contributed by atoms with Crippen LogP contribution in [-0.2, 0) is 23.9 Å². The highest BCUT2D eigenvalue weighted by Crippen LogP contribution is 2.30. The topological polar surface area (TPSA) is 69.7 Å². The van der Waals surface area contributed by atoms with E-state index in [4.69, 9.17) is 0 Å². The average Bonchev–Trinajstić information content (AvgIpc) is 2.52. The van der Waals surface area contributed by atoms with E-state index in [0.29, 0.717) is 5.57 Å². The number of ether oxygens (including phenoxy) is 2. The first-order valence-electron chi connectivity index (χ1n) is 4.43. The summed E-state index contributed by atoms with van der Waals surface area (Å²) in [6.07, 6.45) is -0.0110. The van der Waals surface area contributed by atoms with Gasteiger partial charge in [-0.15, -0.1) is 0 Å². The number of Topliss-reactive ketones (excluding diaryl/α,β-unsaturated/α-hetero) is 1. The number of carbonyl (C=O) groups excluding carboxylic acids is 3. The SMILES string of the molecule is COC(=O)C1=C(C)C(C(=O)OC)CC1=O. The van der Waals surface area contributed by atoms with Crippen LogP contribution >= 0.6 is 0 Å². The van der Waals surface area contributed by atoms with Crippen LogP contribution in [0.2, 0.25) is 0 Å². The summed E-state index contributed by atoms with van der Waals surface area (Å²) in [4.78, 5) is 34.0. The lowest BCUT2D eigenvalue weighted by molar-refractivity contribution is -0.145. The molecule has 0 amide bonds. The van der Waals surface area contributed by atoms with E-state index < -0.39 is 17.9 Å². The van der Waals surface area contributed by atoms with Crippen molar-refractivity contribution in [3.63, 3.8) is 0 Å². The Kier molecular flexibility index (Phi) is 3.24. The predicted molar refractivity (Wildman–Crippen MR) is 49.8 cm³/mol. The van der Waals surface area contributed by atoms with Gasteiger partial charge < -0.3 is 9.47 Å². The van der Waals surface area contributed by atoms with Crippen molar-refractivity contribution in [3.05, 3.63) is 11.1 Å². The Bertz CT molecular complexity index is 353. The second-order valence-electron chi connectivity index (χ2n) is 3.25. The van der Waals surface area contributed by atoms with Crippen LogP contribution in [0.25, 0.3) is 0 Å². The minimum atomic E-state index is -0.691. The molecule has 1 aliphatic carbocycles. The fourth-order valence-corrected chi connectivity index (χ4v) is 1.61. The van der Waals surface area contributed by atoms with Crippen molar-refractivity contribution in [2.45, 2.75) is 13.3 Å². The van der Waals surface area contributed by atoms with Gasteiger partial charge >= 0.3 is 11.9 Å². The Morgan fingerprint density at radius 2 is 1.87 bits per heavy atom. The highest BCUT2D eigenvalue weighted by molar-refractivity contribution is 6.21. The summed E-state index contributed by atoms with van der Waals surface area (Å²) in [6, 6.07) is 0. The molecule has 5 heteroatoms. The molecule has 15 heavy (non-hydrogen) atoms. The van der Waals surface area contributed by atoms with Gasteiger partial charge in [0.25, 0.3) is 0 Å². The molecule has 0 aliphatic heterocycles. The fraction of sp³-hybridized carbons (Fsp3) is 0.500. The Morgan fingerprint density at radius 1 is 1.27 bits per heavy atom. The van der Waals surface area contributed by atoms with E-state index in [9.17, 15) is 14.4 Å². The highest BCUT2D eigenvalue weighted by atomic mass is 16.5. The molecule has 0 radical (unpaired) electrons. The van der Waals surface area contributed by atoms with Crippen LogP contribution in [0.4, 0.5) is 0 Å². The van der Waals surface area contributed by atoms with Crippen LogP contribution in [0.1, 0.15) is 13.3 Å². The average molecular weight is 212 g/mol. The van der Waals surface area contributed by atoms with Gasteiger partial charge in [-0.05, 0) is 12.5 Å². The molecule has 82 valence electrons. The maximum absolute atomic E-state index is 11.4. The van der Waals surface area contributed by atoms with Gasteiger partial charge in [-0.25, -0.2) is 4.79 Å². The lowest BCUT2D eigenvalue weighted by Crippen LogP contribution is -2.15. The zero-order valence-corrected chi connectivity index (χ0v) is 8.83.